The van der Waals surface area contributed by atoms with Gasteiger partial charge >= 0.3 is 0 Å². The molecule has 1 aromatic rings. The number of aryl methyl sites for hydroxylation is 1. The Morgan fingerprint density at radius 3 is 2.50 bits per heavy atom. The summed E-state index contributed by atoms with van der Waals surface area (Å²) in [4.78, 5) is 6.81. The maximum Gasteiger partial charge on any atom is 0.128 e. The molecule has 0 aliphatic heterocycles. The number of hydrogen-bond acceptors (Lipinski definition) is 4. The quantitative estimate of drug-likeness (QED) is 0.691. The Labute approximate surface area is 117 Å². The fourth-order valence-corrected chi connectivity index (χ4v) is 1.87. The van der Waals surface area contributed by atoms with Crippen molar-refractivity contribution in [1.82, 2.24) is 4.98 Å². The van der Waals surface area contributed by atoms with E-state index in [0.29, 0.717) is 6.61 Å². The first kappa shape index (κ1) is 15.4. The minimum atomic E-state index is 0.698. The largest absolute Gasteiger partial charge is 0.385 e. The van der Waals surface area contributed by atoms with Crippen LogP contribution in [-0.2, 0) is 9.47 Å². The molecule has 0 atom stereocenters. The summed E-state index contributed by atoms with van der Waals surface area (Å²) < 4.78 is 11.3. The van der Waals surface area contributed by atoms with Crippen LogP contribution in [0.15, 0.2) is 16.6 Å². The molecular formula is C13H21BrN2O2. The molecular weight excluding hydrogens is 296 g/mol. The normalized spacial score (nSPS) is 10.7. The summed E-state index contributed by atoms with van der Waals surface area (Å²) in [6.07, 6.45) is 0.983. The van der Waals surface area contributed by atoms with E-state index in [2.05, 4.69) is 25.8 Å². The second-order valence-corrected chi connectivity index (χ2v) is 4.92. The van der Waals surface area contributed by atoms with Crippen LogP contribution in [0.2, 0.25) is 0 Å². The third kappa shape index (κ3) is 4.92. The first-order valence-electron chi connectivity index (χ1n) is 6.05. The summed E-state index contributed by atoms with van der Waals surface area (Å²) in [5, 5.41) is 0. The van der Waals surface area contributed by atoms with Crippen molar-refractivity contribution in [2.45, 2.75) is 13.3 Å². The van der Waals surface area contributed by atoms with E-state index in [1.165, 1.54) is 0 Å². The summed E-state index contributed by atoms with van der Waals surface area (Å²) >= 11 is 3.47. The minimum Gasteiger partial charge on any atom is -0.385 e. The van der Waals surface area contributed by atoms with Crippen LogP contribution in [0.3, 0.4) is 0 Å². The van der Waals surface area contributed by atoms with E-state index in [0.717, 1.165) is 42.1 Å². The summed E-state index contributed by atoms with van der Waals surface area (Å²) in [5.41, 5.74) is 1.00. The van der Waals surface area contributed by atoms with Crippen LogP contribution < -0.4 is 4.90 Å². The highest BCUT2D eigenvalue weighted by atomic mass is 79.9. The van der Waals surface area contributed by atoms with Gasteiger partial charge in [-0.25, -0.2) is 4.98 Å². The van der Waals surface area contributed by atoms with Crippen molar-refractivity contribution in [1.29, 1.82) is 0 Å². The average Bonchev–Trinajstić information content (AvgIpc) is 2.37. The lowest BCUT2D eigenvalue weighted by atomic mass is 10.3. The highest BCUT2D eigenvalue weighted by molar-refractivity contribution is 9.10. The summed E-state index contributed by atoms with van der Waals surface area (Å²) in [6.45, 7) is 5.22. The molecule has 18 heavy (non-hydrogen) atoms. The second kappa shape index (κ2) is 8.45. The van der Waals surface area contributed by atoms with E-state index in [9.17, 15) is 0 Å². The van der Waals surface area contributed by atoms with E-state index in [-0.39, 0.29) is 0 Å². The van der Waals surface area contributed by atoms with Crippen LogP contribution in [0.4, 0.5) is 5.82 Å². The number of hydrogen-bond donors (Lipinski definition) is 0. The lowest BCUT2D eigenvalue weighted by molar-refractivity contribution is 0.191. The number of ether oxygens (including phenoxy) is 2. The number of pyridine rings is 1. The lowest BCUT2D eigenvalue weighted by Gasteiger charge is -2.23. The van der Waals surface area contributed by atoms with Crippen molar-refractivity contribution in [2.24, 2.45) is 0 Å². The molecule has 5 heteroatoms. The zero-order chi connectivity index (χ0) is 13.4. The molecule has 0 spiro atoms. The SMILES string of the molecule is COCCCN(CCOC)c1ccc(Br)c(C)n1. The van der Waals surface area contributed by atoms with Gasteiger partial charge in [-0.3, -0.25) is 0 Å². The van der Waals surface area contributed by atoms with Crippen LogP contribution in [0, 0.1) is 6.92 Å². The topological polar surface area (TPSA) is 34.6 Å². The van der Waals surface area contributed by atoms with E-state index in [1.54, 1.807) is 14.2 Å². The molecule has 4 nitrogen and oxygen atoms in total. The molecule has 1 aromatic heterocycles. The van der Waals surface area contributed by atoms with Gasteiger partial charge < -0.3 is 14.4 Å². The van der Waals surface area contributed by atoms with Crippen LogP contribution in [-0.4, -0.2) is 45.5 Å². The van der Waals surface area contributed by atoms with E-state index in [1.807, 2.05) is 19.1 Å². The molecule has 1 heterocycles. The minimum absolute atomic E-state index is 0.698. The lowest BCUT2D eigenvalue weighted by Crippen LogP contribution is -2.29. The molecule has 0 unspecified atom stereocenters. The number of nitrogens with zero attached hydrogens (tertiary/aromatic N) is 2. The van der Waals surface area contributed by atoms with E-state index >= 15 is 0 Å². The Balaban J connectivity index is 2.70. The molecule has 0 saturated carbocycles. The fourth-order valence-electron chi connectivity index (χ4n) is 1.65. The van der Waals surface area contributed by atoms with Crippen LogP contribution >= 0.6 is 15.9 Å². The number of anilines is 1. The predicted molar refractivity (Wildman–Crippen MR) is 77.3 cm³/mol. The Hall–Kier alpha value is -0.650. The number of methoxy groups -OCH3 is 2. The zero-order valence-electron chi connectivity index (χ0n) is 11.3. The standard InChI is InChI=1S/C13H21BrN2O2/c1-11-12(14)5-6-13(15-11)16(8-10-18-3)7-4-9-17-2/h5-6H,4,7-10H2,1-3H3. The van der Waals surface area contributed by atoms with Gasteiger partial charge in [0.05, 0.1) is 12.3 Å². The van der Waals surface area contributed by atoms with Crippen molar-refractivity contribution in [3.63, 3.8) is 0 Å². The molecule has 0 aromatic carbocycles. The predicted octanol–water partition coefficient (Wildman–Crippen LogP) is 2.64. The van der Waals surface area contributed by atoms with Crippen molar-refractivity contribution in [3.05, 3.63) is 22.3 Å². The highest BCUT2D eigenvalue weighted by Crippen LogP contribution is 2.19. The first-order chi connectivity index (χ1) is 8.69. The van der Waals surface area contributed by atoms with Gasteiger partial charge in [0, 0.05) is 38.4 Å². The Morgan fingerprint density at radius 1 is 1.17 bits per heavy atom. The summed E-state index contributed by atoms with van der Waals surface area (Å²) in [6, 6.07) is 4.06. The van der Waals surface area contributed by atoms with Gasteiger partial charge in [-0.15, -0.1) is 0 Å². The molecule has 102 valence electrons. The van der Waals surface area contributed by atoms with Gasteiger partial charge in [-0.05, 0) is 41.4 Å². The molecule has 0 aliphatic carbocycles. The first-order valence-corrected chi connectivity index (χ1v) is 6.84. The molecule has 0 saturated heterocycles. The van der Waals surface area contributed by atoms with Gasteiger partial charge in [0.25, 0.3) is 0 Å². The fraction of sp³-hybridized carbons (Fsp3) is 0.615. The summed E-state index contributed by atoms with van der Waals surface area (Å²) in [7, 11) is 3.44. The van der Waals surface area contributed by atoms with Gasteiger partial charge in [-0.2, -0.15) is 0 Å². The summed E-state index contributed by atoms with van der Waals surface area (Å²) in [5.74, 6) is 0.990. The molecule has 1 rings (SSSR count). The Bertz CT molecular complexity index is 361. The molecule has 0 N–H and O–H groups in total. The van der Waals surface area contributed by atoms with Crippen LogP contribution in [0.5, 0.6) is 0 Å². The van der Waals surface area contributed by atoms with Crippen molar-refractivity contribution < 1.29 is 9.47 Å². The maximum atomic E-state index is 5.14. The molecule has 0 amide bonds. The van der Waals surface area contributed by atoms with Gasteiger partial charge in [0.15, 0.2) is 0 Å². The second-order valence-electron chi connectivity index (χ2n) is 4.06. The number of halogens is 1. The molecule has 0 fully saturated rings. The number of aromatic nitrogens is 1. The van der Waals surface area contributed by atoms with Crippen molar-refractivity contribution in [3.8, 4) is 0 Å². The van der Waals surface area contributed by atoms with Crippen molar-refractivity contribution in [2.75, 3.05) is 45.4 Å². The van der Waals surface area contributed by atoms with Crippen LogP contribution in [0.1, 0.15) is 12.1 Å². The van der Waals surface area contributed by atoms with Gasteiger partial charge in [0.2, 0.25) is 0 Å². The highest BCUT2D eigenvalue weighted by Gasteiger charge is 2.08. The number of rotatable bonds is 8. The third-order valence-electron chi connectivity index (χ3n) is 2.67. The van der Waals surface area contributed by atoms with E-state index in [4.69, 9.17) is 9.47 Å². The molecule has 0 radical (unpaired) electrons. The smallest absolute Gasteiger partial charge is 0.128 e. The van der Waals surface area contributed by atoms with E-state index < -0.39 is 0 Å². The van der Waals surface area contributed by atoms with Crippen molar-refractivity contribution >= 4 is 21.7 Å². The maximum absolute atomic E-state index is 5.14. The zero-order valence-corrected chi connectivity index (χ0v) is 12.9. The van der Waals surface area contributed by atoms with Gasteiger partial charge in [-0.1, -0.05) is 0 Å². The van der Waals surface area contributed by atoms with Gasteiger partial charge in [0.1, 0.15) is 5.82 Å². The Kier molecular flexibility index (Phi) is 7.23. The third-order valence-corrected chi connectivity index (χ3v) is 3.51. The average molecular weight is 317 g/mol. The molecule has 0 aliphatic rings. The Morgan fingerprint density at radius 2 is 1.89 bits per heavy atom. The monoisotopic (exact) mass is 316 g/mol. The molecule has 0 bridgehead atoms. The van der Waals surface area contributed by atoms with Crippen LogP contribution in [0.25, 0.3) is 0 Å².